The largest absolute Gasteiger partial charge is 0.354 e. The molecular formula is C24H25F2N5O3. The van der Waals surface area contributed by atoms with Crippen molar-refractivity contribution in [2.24, 2.45) is 0 Å². The molecule has 2 atom stereocenters. The number of carbonyl (C=O) groups excluding carboxylic acids is 3. The zero-order valence-electron chi connectivity index (χ0n) is 18.4. The van der Waals surface area contributed by atoms with Crippen molar-refractivity contribution >= 4 is 23.7 Å². The molecule has 5 rings (SSSR count). The third kappa shape index (κ3) is 3.76. The number of likely N-dealkylation sites (tertiary alicyclic amines) is 1. The highest BCUT2D eigenvalue weighted by Crippen LogP contribution is 2.43. The predicted octanol–water partition coefficient (Wildman–Crippen LogP) is 2.42. The molecule has 34 heavy (non-hydrogen) atoms. The summed E-state index contributed by atoms with van der Waals surface area (Å²) >= 11 is 0. The van der Waals surface area contributed by atoms with Crippen LogP contribution in [0.25, 0.3) is 0 Å². The number of benzene rings is 1. The van der Waals surface area contributed by atoms with Crippen LogP contribution in [0.5, 0.6) is 0 Å². The van der Waals surface area contributed by atoms with Crippen LogP contribution in [0, 0.1) is 11.6 Å². The van der Waals surface area contributed by atoms with Crippen LogP contribution in [0.2, 0.25) is 0 Å². The number of fused-ring (bicyclic) bond motifs is 2. The van der Waals surface area contributed by atoms with E-state index in [9.17, 15) is 23.2 Å². The fourth-order valence-electron chi connectivity index (χ4n) is 5.26. The molecule has 4 amide bonds. The Morgan fingerprint density at radius 1 is 1.12 bits per heavy atom. The minimum Gasteiger partial charge on any atom is -0.354 e. The minimum absolute atomic E-state index is 0.0972. The van der Waals surface area contributed by atoms with Gasteiger partial charge in [-0.15, -0.1) is 0 Å². The summed E-state index contributed by atoms with van der Waals surface area (Å²) in [6.45, 7) is 0.887. The van der Waals surface area contributed by atoms with Gasteiger partial charge in [-0.05, 0) is 43.4 Å². The molecule has 0 aliphatic carbocycles. The molecule has 178 valence electrons. The van der Waals surface area contributed by atoms with Gasteiger partial charge in [0.05, 0.1) is 5.41 Å². The van der Waals surface area contributed by atoms with Crippen molar-refractivity contribution in [3.63, 3.8) is 0 Å². The van der Waals surface area contributed by atoms with Gasteiger partial charge in [-0.2, -0.15) is 0 Å². The Bertz CT molecular complexity index is 1150. The highest BCUT2D eigenvalue weighted by Gasteiger charge is 2.49. The Balaban J connectivity index is 1.21. The van der Waals surface area contributed by atoms with Crippen molar-refractivity contribution < 1.29 is 23.2 Å². The maximum atomic E-state index is 14.2. The van der Waals surface area contributed by atoms with E-state index in [1.165, 1.54) is 12.1 Å². The van der Waals surface area contributed by atoms with Crippen molar-refractivity contribution in [2.75, 3.05) is 25.0 Å². The highest BCUT2D eigenvalue weighted by molar-refractivity contribution is 6.05. The minimum atomic E-state index is -0.921. The van der Waals surface area contributed by atoms with Gasteiger partial charge in [-0.25, -0.2) is 18.6 Å². The maximum Gasteiger partial charge on any atom is 0.318 e. The molecule has 1 aromatic carbocycles. The van der Waals surface area contributed by atoms with E-state index in [0.29, 0.717) is 44.6 Å². The van der Waals surface area contributed by atoms with Gasteiger partial charge in [0.15, 0.2) is 11.6 Å². The van der Waals surface area contributed by atoms with Gasteiger partial charge in [0, 0.05) is 37.3 Å². The second-order valence-electron chi connectivity index (χ2n) is 9.09. The van der Waals surface area contributed by atoms with Gasteiger partial charge < -0.3 is 20.9 Å². The van der Waals surface area contributed by atoms with Crippen LogP contribution in [0.3, 0.4) is 0 Å². The summed E-state index contributed by atoms with van der Waals surface area (Å²) < 4.78 is 27.8. The third-order valence-electron chi connectivity index (χ3n) is 7.26. The Labute approximate surface area is 195 Å². The molecule has 0 radical (unpaired) electrons. The second kappa shape index (κ2) is 8.66. The molecule has 3 aliphatic heterocycles. The number of amides is 4. The van der Waals surface area contributed by atoms with Gasteiger partial charge in [-0.3, -0.25) is 9.59 Å². The number of urea groups is 1. The molecular weight excluding hydrogens is 444 g/mol. The molecule has 10 heteroatoms. The molecule has 3 aliphatic rings. The number of halogens is 2. The number of hydrogen-bond donors (Lipinski definition) is 3. The van der Waals surface area contributed by atoms with E-state index in [0.717, 1.165) is 11.6 Å². The average molecular weight is 469 g/mol. The summed E-state index contributed by atoms with van der Waals surface area (Å²) in [5, 5.41) is 8.35. The number of anilines is 1. The SMILES string of the molecule is O=C1NC[C@H](c2cccc(F)c2F)CC[C@H]1NC(=O)N1CCC2(CC1)C(=O)Nc1ncccc12. The molecule has 2 saturated heterocycles. The zero-order chi connectivity index (χ0) is 23.9. The topological polar surface area (TPSA) is 103 Å². The summed E-state index contributed by atoms with van der Waals surface area (Å²) in [5.74, 6) is -2.08. The normalized spacial score (nSPS) is 23.6. The lowest BCUT2D eigenvalue weighted by molar-refractivity contribution is -0.122. The third-order valence-corrected chi connectivity index (χ3v) is 7.26. The van der Waals surface area contributed by atoms with Crippen LogP contribution < -0.4 is 16.0 Å². The van der Waals surface area contributed by atoms with Gasteiger partial charge >= 0.3 is 6.03 Å². The second-order valence-corrected chi connectivity index (χ2v) is 9.09. The first-order valence-electron chi connectivity index (χ1n) is 11.4. The number of nitrogens with one attached hydrogen (secondary N) is 3. The fourth-order valence-corrected chi connectivity index (χ4v) is 5.26. The van der Waals surface area contributed by atoms with Crippen LogP contribution in [0.1, 0.15) is 42.7 Å². The molecule has 1 aromatic heterocycles. The number of piperidine rings is 1. The number of aromatic nitrogens is 1. The van der Waals surface area contributed by atoms with Crippen LogP contribution >= 0.6 is 0 Å². The predicted molar refractivity (Wildman–Crippen MR) is 119 cm³/mol. The van der Waals surface area contributed by atoms with E-state index in [-0.39, 0.29) is 35.9 Å². The van der Waals surface area contributed by atoms with Gasteiger partial charge in [0.1, 0.15) is 11.9 Å². The summed E-state index contributed by atoms with van der Waals surface area (Å²) in [6.07, 6.45) is 3.27. The van der Waals surface area contributed by atoms with Gasteiger partial charge in [-0.1, -0.05) is 18.2 Å². The first-order valence-corrected chi connectivity index (χ1v) is 11.4. The van der Waals surface area contributed by atoms with E-state index < -0.39 is 23.1 Å². The standard InChI is InChI=1S/C24H25F2N5O3/c25-17-5-1-3-15(19(17)26)14-6-7-18(21(32)28-13-14)29-23(34)31-11-8-24(9-12-31)16-4-2-10-27-20(16)30-22(24)33/h1-5,10,14,18H,6-9,11-13H2,(H,28,32)(H,29,34)(H,27,30,33)/t14-,18-/m1/s1. The average Bonchev–Trinajstić information content (AvgIpc) is 2.98. The molecule has 2 aromatic rings. The lowest BCUT2D eigenvalue weighted by Gasteiger charge is -2.38. The molecule has 1 spiro atoms. The van der Waals surface area contributed by atoms with Crippen LogP contribution in [0.15, 0.2) is 36.5 Å². The van der Waals surface area contributed by atoms with Gasteiger partial charge in [0.2, 0.25) is 11.8 Å². The van der Waals surface area contributed by atoms with Crippen LogP contribution in [0.4, 0.5) is 19.4 Å². The van der Waals surface area contributed by atoms with E-state index in [4.69, 9.17) is 0 Å². The number of hydrogen-bond acceptors (Lipinski definition) is 4. The Kier molecular flexibility index (Phi) is 5.66. The van der Waals surface area contributed by atoms with Crippen molar-refractivity contribution in [2.45, 2.75) is 43.1 Å². The first-order chi connectivity index (χ1) is 16.4. The summed E-state index contributed by atoms with van der Waals surface area (Å²) in [6, 6.07) is 6.56. The summed E-state index contributed by atoms with van der Waals surface area (Å²) in [7, 11) is 0. The van der Waals surface area contributed by atoms with E-state index >= 15 is 0 Å². The number of carbonyl (C=O) groups is 3. The molecule has 2 fully saturated rings. The molecule has 4 heterocycles. The first kappa shape index (κ1) is 22.2. The van der Waals surface area contributed by atoms with E-state index in [1.54, 1.807) is 17.2 Å². The highest BCUT2D eigenvalue weighted by atomic mass is 19.2. The Morgan fingerprint density at radius 2 is 1.91 bits per heavy atom. The van der Waals surface area contributed by atoms with Gasteiger partial charge in [0.25, 0.3) is 0 Å². The van der Waals surface area contributed by atoms with Crippen molar-refractivity contribution in [1.82, 2.24) is 20.5 Å². The van der Waals surface area contributed by atoms with E-state index in [2.05, 4.69) is 20.9 Å². The molecule has 0 bridgehead atoms. The monoisotopic (exact) mass is 469 g/mol. The Morgan fingerprint density at radius 3 is 2.71 bits per heavy atom. The van der Waals surface area contributed by atoms with Crippen molar-refractivity contribution in [3.8, 4) is 0 Å². The quantitative estimate of drug-likeness (QED) is 0.629. The van der Waals surface area contributed by atoms with E-state index in [1.807, 2.05) is 6.07 Å². The van der Waals surface area contributed by atoms with Crippen LogP contribution in [-0.4, -0.2) is 53.4 Å². The smallest absolute Gasteiger partial charge is 0.318 e. The molecule has 0 saturated carbocycles. The fraction of sp³-hybridized carbons (Fsp3) is 0.417. The Hall–Kier alpha value is -3.56. The van der Waals surface area contributed by atoms with Crippen LogP contribution in [-0.2, 0) is 15.0 Å². The lowest BCUT2D eigenvalue weighted by atomic mass is 9.74. The maximum absolute atomic E-state index is 14.2. The molecule has 0 unspecified atom stereocenters. The number of nitrogens with zero attached hydrogens (tertiary/aromatic N) is 2. The molecule has 3 N–H and O–H groups in total. The molecule has 8 nitrogen and oxygen atoms in total. The summed E-state index contributed by atoms with van der Waals surface area (Å²) in [4.78, 5) is 44.0. The van der Waals surface area contributed by atoms with Crippen molar-refractivity contribution in [1.29, 1.82) is 0 Å². The van der Waals surface area contributed by atoms with Crippen molar-refractivity contribution in [3.05, 3.63) is 59.3 Å². The summed E-state index contributed by atoms with van der Waals surface area (Å²) in [5.41, 5.74) is 0.388. The number of pyridine rings is 1. The zero-order valence-corrected chi connectivity index (χ0v) is 18.4. The lowest BCUT2D eigenvalue weighted by Crippen LogP contribution is -2.54. The number of rotatable bonds is 2.